The number of pyridine rings is 1. The highest BCUT2D eigenvalue weighted by molar-refractivity contribution is 5.85. The van der Waals surface area contributed by atoms with Gasteiger partial charge in [-0.3, -0.25) is 9.88 Å². The van der Waals surface area contributed by atoms with Crippen LogP contribution in [0.2, 0.25) is 0 Å². The van der Waals surface area contributed by atoms with Gasteiger partial charge in [-0.15, -0.1) is 0 Å². The summed E-state index contributed by atoms with van der Waals surface area (Å²) in [5.74, 6) is 0.331. The van der Waals surface area contributed by atoms with Crippen LogP contribution in [0.4, 0.5) is 0 Å². The van der Waals surface area contributed by atoms with E-state index in [-0.39, 0.29) is 0 Å². The molecule has 3 rings (SSSR count). The number of likely N-dealkylation sites (N-methyl/N-ethyl adjacent to an activating group) is 1. The fourth-order valence-corrected chi connectivity index (χ4v) is 2.55. The molecule has 0 radical (unpaired) electrons. The molecule has 0 bridgehead atoms. The van der Waals surface area contributed by atoms with Crippen LogP contribution in [0.5, 0.6) is 5.75 Å². The SMILES string of the molecule is CN1CCN(Cc2ccc3cccnc3c2O)CC1. The lowest BCUT2D eigenvalue weighted by molar-refractivity contribution is 0.147. The average Bonchev–Trinajstić information content (AvgIpc) is 2.45. The molecule has 100 valence electrons. The smallest absolute Gasteiger partial charge is 0.146 e. The predicted molar refractivity (Wildman–Crippen MR) is 76.2 cm³/mol. The normalized spacial score (nSPS) is 17.9. The van der Waals surface area contributed by atoms with E-state index >= 15 is 0 Å². The zero-order valence-corrected chi connectivity index (χ0v) is 11.2. The van der Waals surface area contributed by atoms with Gasteiger partial charge in [-0.1, -0.05) is 18.2 Å². The van der Waals surface area contributed by atoms with E-state index in [1.54, 1.807) is 6.20 Å². The molecule has 2 aromatic rings. The summed E-state index contributed by atoms with van der Waals surface area (Å²) in [6, 6.07) is 7.91. The molecule has 0 atom stereocenters. The molecule has 0 aliphatic carbocycles. The first-order valence-electron chi connectivity index (χ1n) is 6.70. The van der Waals surface area contributed by atoms with E-state index in [2.05, 4.69) is 21.8 Å². The first-order valence-corrected chi connectivity index (χ1v) is 6.70. The molecule has 0 saturated carbocycles. The zero-order valence-electron chi connectivity index (χ0n) is 11.2. The average molecular weight is 257 g/mol. The number of nitrogens with zero attached hydrogens (tertiary/aromatic N) is 3. The minimum absolute atomic E-state index is 0.331. The Labute approximate surface area is 113 Å². The number of phenols is 1. The van der Waals surface area contributed by atoms with Gasteiger partial charge in [0, 0.05) is 49.9 Å². The summed E-state index contributed by atoms with van der Waals surface area (Å²) < 4.78 is 0. The van der Waals surface area contributed by atoms with Crippen molar-refractivity contribution < 1.29 is 5.11 Å². The van der Waals surface area contributed by atoms with E-state index in [0.29, 0.717) is 11.3 Å². The highest BCUT2D eigenvalue weighted by Crippen LogP contribution is 2.27. The van der Waals surface area contributed by atoms with E-state index in [9.17, 15) is 5.11 Å². The summed E-state index contributed by atoms with van der Waals surface area (Å²) in [6.45, 7) is 5.08. The fraction of sp³-hybridized carbons (Fsp3) is 0.400. The van der Waals surface area contributed by atoms with E-state index in [4.69, 9.17) is 0 Å². The molecule has 0 spiro atoms. The summed E-state index contributed by atoms with van der Waals surface area (Å²) in [6.07, 6.45) is 1.72. The Balaban J connectivity index is 1.83. The minimum atomic E-state index is 0.331. The topological polar surface area (TPSA) is 39.6 Å². The standard InChI is InChI=1S/C15H19N3O/c1-17-7-9-18(10-8-17)11-13-5-4-12-3-2-6-16-14(12)15(13)19/h2-6,19H,7-11H2,1H3. The van der Waals surface area contributed by atoms with Crippen molar-refractivity contribution in [2.75, 3.05) is 33.2 Å². The number of rotatable bonds is 2. The summed E-state index contributed by atoms with van der Waals surface area (Å²) >= 11 is 0. The van der Waals surface area contributed by atoms with Gasteiger partial charge in [0.15, 0.2) is 0 Å². The lowest BCUT2D eigenvalue weighted by atomic mass is 10.1. The number of aromatic nitrogens is 1. The zero-order chi connectivity index (χ0) is 13.2. The van der Waals surface area contributed by atoms with Crippen molar-refractivity contribution in [1.82, 2.24) is 14.8 Å². The van der Waals surface area contributed by atoms with Crippen LogP contribution in [-0.4, -0.2) is 53.1 Å². The number of piperazine rings is 1. The van der Waals surface area contributed by atoms with Crippen molar-refractivity contribution in [2.24, 2.45) is 0 Å². The van der Waals surface area contributed by atoms with Crippen LogP contribution in [0, 0.1) is 0 Å². The summed E-state index contributed by atoms with van der Waals surface area (Å²) in [4.78, 5) is 8.98. The third kappa shape index (κ3) is 2.55. The molecule has 4 nitrogen and oxygen atoms in total. The summed E-state index contributed by atoms with van der Waals surface area (Å²) in [5.41, 5.74) is 1.67. The maximum atomic E-state index is 10.3. The Kier molecular flexibility index (Phi) is 3.36. The number of aromatic hydroxyl groups is 1. The molecule has 1 N–H and O–H groups in total. The second-order valence-corrected chi connectivity index (χ2v) is 5.23. The quantitative estimate of drug-likeness (QED) is 0.888. The Morgan fingerprint density at radius 3 is 2.74 bits per heavy atom. The second kappa shape index (κ2) is 5.15. The largest absolute Gasteiger partial charge is 0.505 e. The molecular weight excluding hydrogens is 238 g/mol. The lowest BCUT2D eigenvalue weighted by Crippen LogP contribution is -2.43. The molecule has 1 aliphatic heterocycles. The molecule has 1 saturated heterocycles. The van der Waals surface area contributed by atoms with Gasteiger partial charge in [0.25, 0.3) is 0 Å². The molecule has 1 aromatic heterocycles. The molecule has 0 amide bonds. The van der Waals surface area contributed by atoms with E-state index in [1.165, 1.54) is 0 Å². The number of phenolic OH excluding ortho intramolecular Hbond substituents is 1. The molecule has 0 unspecified atom stereocenters. The third-order valence-corrected chi connectivity index (χ3v) is 3.82. The maximum Gasteiger partial charge on any atom is 0.146 e. The van der Waals surface area contributed by atoms with Gasteiger partial charge >= 0.3 is 0 Å². The highest BCUT2D eigenvalue weighted by atomic mass is 16.3. The molecular formula is C15H19N3O. The van der Waals surface area contributed by atoms with Crippen molar-refractivity contribution >= 4 is 10.9 Å². The van der Waals surface area contributed by atoms with Crippen molar-refractivity contribution in [2.45, 2.75) is 6.54 Å². The molecule has 2 heterocycles. The van der Waals surface area contributed by atoms with Gasteiger partial charge in [0.1, 0.15) is 11.3 Å². The first-order chi connectivity index (χ1) is 9.24. The van der Waals surface area contributed by atoms with E-state index in [1.807, 2.05) is 24.3 Å². The Bertz CT molecular complexity index is 577. The molecule has 1 aromatic carbocycles. The van der Waals surface area contributed by atoms with E-state index < -0.39 is 0 Å². The van der Waals surface area contributed by atoms with Crippen molar-refractivity contribution in [3.05, 3.63) is 36.0 Å². The Morgan fingerprint density at radius 2 is 1.95 bits per heavy atom. The third-order valence-electron chi connectivity index (χ3n) is 3.82. The summed E-state index contributed by atoms with van der Waals surface area (Å²) in [5, 5.41) is 11.3. The predicted octanol–water partition coefficient (Wildman–Crippen LogP) is 1.69. The molecule has 19 heavy (non-hydrogen) atoms. The second-order valence-electron chi connectivity index (χ2n) is 5.23. The van der Waals surface area contributed by atoms with Crippen molar-refractivity contribution in [3.8, 4) is 5.75 Å². The lowest BCUT2D eigenvalue weighted by Gasteiger charge is -2.32. The number of fused-ring (bicyclic) bond motifs is 1. The van der Waals surface area contributed by atoms with Crippen LogP contribution in [0.25, 0.3) is 10.9 Å². The minimum Gasteiger partial charge on any atom is -0.505 e. The first kappa shape index (κ1) is 12.4. The van der Waals surface area contributed by atoms with Crippen LogP contribution >= 0.6 is 0 Å². The van der Waals surface area contributed by atoms with Crippen LogP contribution in [-0.2, 0) is 6.54 Å². The maximum absolute atomic E-state index is 10.3. The van der Waals surface area contributed by atoms with Crippen LogP contribution < -0.4 is 0 Å². The number of hydrogen-bond acceptors (Lipinski definition) is 4. The van der Waals surface area contributed by atoms with Gasteiger partial charge in [-0.25, -0.2) is 0 Å². The van der Waals surface area contributed by atoms with Gasteiger partial charge < -0.3 is 10.0 Å². The van der Waals surface area contributed by atoms with E-state index in [0.717, 1.165) is 43.7 Å². The summed E-state index contributed by atoms with van der Waals surface area (Å²) in [7, 11) is 2.15. The number of hydrogen-bond donors (Lipinski definition) is 1. The van der Waals surface area contributed by atoms with Gasteiger partial charge in [-0.05, 0) is 13.1 Å². The van der Waals surface area contributed by atoms with Gasteiger partial charge in [0.05, 0.1) is 0 Å². The van der Waals surface area contributed by atoms with Crippen LogP contribution in [0.15, 0.2) is 30.5 Å². The van der Waals surface area contributed by atoms with Crippen LogP contribution in [0.3, 0.4) is 0 Å². The van der Waals surface area contributed by atoms with Gasteiger partial charge in [-0.2, -0.15) is 0 Å². The molecule has 4 heteroatoms. The fourth-order valence-electron chi connectivity index (χ4n) is 2.55. The Morgan fingerprint density at radius 1 is 1.16 bits per heavy atom. The van der Waals surface area contributed by atoms with Crippen molar-refractivity contribution in [3.63, 3.8) is 0 Å². The Hall–Kier alpha value is -1.65. The molecule has 1 fully saturated rings. The van der Waals surface area contributed by atoms with Crippen LogP contribution in [0.1, 0.15) is 5.56 Å². The highest BCUT2D eigenvalue weighted by Gasteiger charge is 2.16. The van der Waals surface area contributed by atoms with Crippen molar-refractivity contribution in [1.29, 1.82) is 0 Å². The molecule has 1 aliphatic rings. The number of benzene rings is 1. The van der Waals surface area contributed by atoms with Gasteiger partial charge in [0.2, 0.25) is 0 Å². The monoisotopic (exact) mass is 257 g/mol.